The third kappa shape index (κ3) is 4.92. The minimum Gasteiger partial charge on any atom is -0.393 e. The van der Waals surface area contributed by atoms with E-state index < -0.39 is 0 Å². The Morgan fingerprint density at radius 2 is 1.66 bits per heavy atom. The molecule has 1 aromatic carbocycles. The van der Waals surface area contributed by atoms with Crippen LogP contribution in [0.5, 0.6) is 0 Å². The molecule has 0 radical (unpaired) electrons. The van der Waals surface area contributed by atoms with Crippen LogP contribution in [0.2, 0.25) is 0 Å². The highest BCUT2D eigenvalue weighted by molar-refractivity contribution is 5.78. The van der Waals surface area contributed by atoms with E-state index in [0.29, 0.717) is 0 Å². The number of anilines is 2. The highest BCUT2D eigenvalue weighted by Crippen LogP contribution is 2.32. The summed E-state index contributed by atoms with van der Waals surface area (Å²) in [6, 6.07) is 10.4. The lowest BCUT2D eigenvalue weighted by Crippen LogP contribution is -2.49. The fraction of sp³-hybridized carbons (Fsp3) is 0.462. The summed E-state index contributed by atoms with van der Waals surface area (Å²) in [5.74, 6) is 0.718. The zero-order valence-corrected chi connectivity index (χ0v) is 20.4. The van der Waals surface area contributed by atoms with Gasteiger partial charge in [0.15, 0.2) is 12.5 Å². The summed E-state index contributed by atoms with van der Waals surface area (Å²) in [7, 11) is 0. The first kappa shape index (κ1) is 23.4. The first-order chi connectivity index (χ1) is 17.0. The van der Waals surface area contributed by atoms with E-state index in [1.54, 1.807) is 0 Å². The third-order valence-electron chi connectivity index (χ3n) is 7.05. The number of para-hydroxylation sites is 1. The first-order valence-corrected chi connectivity index (χ1v) is 12.3. The van der Waals surface area contributed by atoms with Crippen LogP contribution in [0.25, 0.3) is 11.1 Å². The molecule has 35 heavy (non-hydrogen) atoms. The number of carbonyl (C=O) groups is 1. The van der Waals surface area contributed by atoms with Crippen LogP contribution in [0, 0.1) is 13.8 Å². The van der Waals surface area contributed by atoms with E-state index in [0.717, 1.165) is 92.5 Å². The van der Waals surface area contributed by atoms with Crippen molar-refractivity contribution in [3.8, 4) is 11.1 Å². The minimum atomic E-state index is -0.377. The van der Waals surface area contributed by atoms with Crippen LogP contribution in [-0.2, 0) is 4.79 Å². The van der Waals surface area contributed by atoms with Gasteiger partial charge in [-0.15, -0.1) is 0 Å². The molecule has 184 valence electrons. The van der Waals surface area contributed by atoms with Gasteiger partial charge in [0, 0.05) is 74.2 Å². The molecule has 0 spiro atoms. The molecule has 2 aliphatic heterocycles. The summed E-state index contributed by atoms with van der Waals surface area (Å²) in [5, 5.41) is 14.3. The average Bonchev–Trinajstić information content (AvgIpc) is 3.23. The Balaban J connectivity index is 1.29. The lowest BCUT2D eigenvalue weighted by Gasteiger charge is -2.39. The molecule has 1 N–H and O–H groups in total. The number of aryl methyl sites for hydroxylation is 2. The van der Waals surface area contributed by atoms with Crippen LogP contribution in [0.3, 0.4) is 0 Å². The minimum absolute atomic E-state index is 0.215. The summed E-state index contributed by atoms with van der Waals surface area (Å²) >= 11 is 0. The highest BCUT2D eigenvalue weighted by Gasteiger charge is 2.27. The predicted molar refractivity (Wildman–Crippen MR) is 136 cm³/mol. The van der Waals surface area contributed by atoms with Gasteiger partial charge in [-0.1, -0.05) is 18.2 Å². The third-order valence-corrected chi connectivity index (χ3v) is 7.05. The number of hydrogen-bond acceptors (Lipinski definition) is 8. The molecule has 1 unspecified atom stereocenters. The molecular formula is C26H33N7O2. The molecule has 2 fully saturated rings. The second kappa shape index (κ2) is 10.1. The number of nitrogens with zero attached hydrogens (tertiary/aromatic N) is 7. The predicted octanol–water partition coefficient (Wildman–Crippen LogP) is 2.44. The van der Waals surface area contributed by atoms with Crippen molar-refractivity contribution in [1.82, 2.24) is 24.6 Å². The monoisotopic (exact) mass is 475 g/mol. The largest absolute Gasteiger partial charge is 0.393 e. The molecule has 2 aromatic heterocycles. The van der Waals surface area contributed by atoms with Crippen LogP contribution in [0.4, 0.5) is 11.6 Å². The van der Waals surface area contributed by atoms with E-state index >= 15 is 0 Å². The molecule has 4 heterocycles. The van der Waals surface area contributed by atoms with Crippen molar-refractivity contribution in [2.24, 2.45) is 0 Å². The molecule has 2 aliphatic rings. The number of carbonyl (C=O) groups excluding carboxylic acids is 1. The lowest BCUT2D eigenvalue weighted by molar-refractivity contribution is -0.116. The molecule has 1 atom stereocenters. The number of hydrogen-bond donors (Lipinski definition) is 1. The van der Waals surface area contributed by atoms with Gasteiger partial charge in [-0.2, -0.15) is 5.10 Å². The summed E-state index contributed by atoms with van der Waals surface area (Å²) in [4.78, 5) is 27.9. The Labute approximate surface area is 206 Å². The van der Waals surface area contributed by atoms with Crippen molar-refractivity contribution < 1.29 is 9.90 Å². The van der Waals surface area contributed by atoms with Crippen LogP contribution >= 0.6 is 0 Å². The second-order valence-corrected chi connectivity index (χ2v) is 9.45. The molecule has 0 amide bonds. The summed E-state index contributed by atoms with van der Waals surface area (Å²) < 4.78 is 1.83. The van der Waals surface area contributed by atoms with Gasteiger partial charge in [0.25, 0.3) is 0 Å². The number of aromatic nitrogens is 4. The molecule has 3 aromatic rings. The molecule has 5 rings (SSSR count). The van der Waals surface area contributed by atoms with Gasteiger partial charge >= 0.3 is 0 Å². The number of rotatable bonds is 6. The Bertz CT molecular complexity index is 1150. The van der Waals surface area contributed by atoms with Gasteiger partial charge in [-0.3, -0.25) is 9.69 Å². The SMILES string of the molecule is Cc1cc(C)n(C(C=O)N2CCN(c3ccccc3-c3cnc(N4CCC(O)CC4)nc3)CC2)n1. The first-order valence-electron chi connectivity index (χ1n) is 12.3. The number of piperazine rings is 1. The maximum absolute atomic E-state index is 12.0. The lowest BCUT2D eigenvalue weighted by atomic mass is 10.1. The Morgan fingerprint density at radius 3 is 2.29 bits per heavy atom. The summed E-state index contributed by atoms with van der Waals surface area (Å²) in [6.07, 6.45) is 5.70. The van der Waals surface area contributed by atoms with Crippen molar-refractivity contribution in [1.29, 1.82) is 0 Å². The zero-order valence-electron chi connectivity index (χ0n) is 20.4. The number of aldehydes is 1. The molecule has 2 saturated heterocycles. The number of piperidine rings is 1. The van der Waals surface area contributed by atoms with Gasteiger partial charge in [-0.05, 0) is 38.8 Å². The van der Waals surface area contributed by atoms with Crippen molar-refractivity contribution in [3.05, 3.63) is 54.1 Å². The van der Waals surface area contributed by atoms with E-state index in [2.05, 4.69) is 48.0 Å². The van der Waals surface area contributed by atoms with Crippen LogP contribution < -0.4 is 9.80 Å². The maximum atomic E-state index is 12.0. The standard InChI is InChI=1S/C26H33N7O2/c1-19-15-20(2)33(29-19)25(18-34)31-13-11-30(12-14-31)24-6-4-3-5-23(24)21-16-27-26(28-17-21)32-9-7-22(35)8-10-32/h3-6,15-18,22,25,35H,7-14H2,1-2H3. The smallest absolute Gasteiger partial charge is 0.225 e. The topological polar surface area (TPSA) is 90.6 Å². The van der Waals surface area contributed by atoms with Crippen molar-refractivity contribution in [2.45, 2.75) is 39.0 Å². The van der Waals surface area contributed by atoms with Crippen molar-refractivity contribution in [2.75, 3.05) is 49.1 Å². The van der Waals surface area contributed by atoms with E-state index in [9.17, 15) is 9.90 Å². The van der Waals surface area contributed by atoms with Crippen LogP contribution in [0.15, 0.2) is 42.7 Å². The molecule has 9 heteroatoms. The Hall–Kier alpha value is -3.30. The average molecular weight is 476 g/mol. The maximum Gasteiger partial charge on any atom is 0.225 e. The number of aliphatic hydroxyl groups excluding tert-OH is 1. The zero-order chi connectivity index (χ0) is 24.4. The molecule has 9 nitrogen and oxygen atoms in total. The number of aliphatic hydroxyl groups is 1. The van der Waals surface area contributed by atoms with Gasteiger partial charge in [0.05, 0.1) is 11.8 Å². The Kier molecular flexibility index (Phi) is 6.79. The second-order valence-electron chi connectivity index (χ2n) is 9.45. The van der Waals surface area contributed by atoms with Gasteiger partial charge in [0.2, 0.25) is 5.95 Å². The van der Waals surface area contributed by atoms with Crippen LogP contribution in [0.1, 0.15) is 30.4 Å². The van der Waals surface area contributed by atoms with Gasteiger partial charge in [0.1, 0.15) is 0 Å². The molecule has 0 bridgehead atoms. The molecular weight excluding hydrogens is 442 g/mol. The normalized spacial score (nSPS) is 18.6. The highest BCUT2D eigenvalue weighted by atomic mass is 16.3. The summed E-state index contributed by atoms with van der Waals surface area (Å²) in [5.41, 5.74) is 5.16. The fourth-order valence-corrected chi connectivity index (χ4v) is 5.12. The van der Waals surface area contributed by atoms with Crippen molar-refractivity contribution in [3.63, 3.8) is 0 Å². The van der Waals surface area contributed by atoms with E-state index in [1.807, 2.05) is 43.1 Å². The van der Waals surface area contributed by atoms with Gasteiger partial charge < -0.3 is 14.9 Å². The molecule has 0 aliphatic carbocycles. The van der Waals surface area contributed by atoms with E-state index in [1.165, 1.54) is 0 Å². The number of benzene rings is 1. The Morgan fingerprint density at radius 1 is 0.971 bits per heavy atom. The quantitative estimate of drug-likeness (QED) is 0.544. The van der Waals surface area contributed by atoms with E-state index in [4.69, 9.17) is 0 Å². The van der Waals surface area contributed by atoms with E-state index in [-0.39, 0.29) is 12.3 Å². The summed E-state index contributed by atoms with van der Waals surface area (Å²) in [6.45, 7) is 8.67. The molecule has 0 saturated carbocycles. The van der Waals surface area contributed by atoms with Crippen LogP contribution in [-0.4, -0.2) is 81.4 Å². The fourth-order valence-electron chi connectivity index (χ4n) is 5.12. The van der Waals surface area contributed by atoms with Crippen molar-refractivity contribution >= 4 is 17.9 Å². The van der Waals surface area contributed by atoms with Gasteiger partial charge in [-0.25, -0.2) is 14.6 Å².